The average Bonchev–Trinajstić information content (AvgIpc) is 4.11. The standard InChI is InChI=1S/C40H76O13SSi7/c1-33(2)40(41)43-31-17-18-32-44-59(37-25-11-12-26-37)47-55(34-19-5-6-20-34)46-58(42-3,36-23-9-10-24-36)52-60(38-27-13-14-28-38)48-56(35-21-7-8-22-35)49-61(53-59,39-29-15-16-30-39)51-57(4,45-54)50-60/h34-39,54-56H,1,5-32H2,2-4H3. The first kappa shape index (κ1) is 48.1. The Morgan fingerprint density at radius 1 is 0.590 bits per heavy atom. The van der Waals surface area contributed by atoms with Gasteiger partial charge in [0, 0.05) is 48.0 Å². The zero-order valence-corrected chi connectivity index (χ0v) is 45.6. The summed E-state index contributed by atoms with van der Waals surface area (Å²) in [6.45, 7) is 8.08. The van der Waals surface area contributed by atoms with Crippen molar-refractivity contribution in [1.82, 2.24) is 0 Å². The summed E-state index contributed by atoms with van der Waals surface area (Å²) in [6.07, 6.45) is 26.4. The van der Waals surface area contributed by atoms with Gasteiger partial charge in [-0.15, -0.1) is 0 Å². The zero-order valence-electron chi connectivity index (χ0n) is 37.4. The van der Waals surface area contributed by atoms with Crippen LogP contribution in [0.5, 0.6) is 0 Å². The molecule has 0 N–H and O–H groups in total. The van der Waals surface area contributed by atoms with Gasteiger partial charge in [-0.1, -0.05) is 83.6 Å². The highest BCUT2D eigenvalue weighted by atomic mass is 32.1. The zero-order chi connectivity index (χ0) is 42.6. The Morgan fingerprint density at radius 2 is 0.984 bits per heavy atom. The molecule has 13 nitrogen and oxygen atoms in total. The molecule has 7 atom stereocenters. The average molecular weight is 994 g/mol. The van der Waals surface area contributed by atoms with Crippen LogP contribution in [-0.2, 0) is 55.2 Å². The molecule has 9 rings (SSSR count). The van der Waals surface area contributed by atoms with Gasteiger partial charge in [-0.2, -0.15) is 0 Å². The van der Waals surface area contributed by atoms with E-state index in [1.54, 1.807) is 6.92 Å². The molecule has 2 bridgehead atoms. The lowest BCUT2D eigenvalue weighted by molar-refractivity contribution is -0.139. The minimum Gasteiger partial charge on any atom is -0.462 e. The number of unbranched alkanes of at least 4 members (excludes halogenated alkanes) is 1. The van der Waals surface area contributed by atoms with Gasteiger partial charge in [0.25, 0.3) is 0 Å². The van der Waals surface area contributed by atoms with E-state index in [1.807, 2.05) is 13.7 Å². The third-order valence-corrected chi connectivity index (χ3v) is 45.7. The number of rotatable bonds is 15. The largest absolute Gasteiger partial charge is 0.494 e. The second kappa shape index (κ2) is 21.3. The molecule has 348 valence electrons. The van der Waals surface area contributed by atoms with Gasteiger partial charge in [0.2, 0.25) is 0 Å². The smallest absolute Gasteiger partial charge is 0.462 e. The fourth-order valence-corrected chi connectivity index (χ4v) is 50.8. The molecule has 0 radical (unpaired) electrons. The third kappa shape index (κ3) is 10.8. The highest BCUT2D eigenvalue weighted by molar-refractivity contribution is 7.76. The summed E-state index contributed by atoms with van der Waals surface area (Å²) in [4.78, 5) is 12.3. The molecule has 3 heterocycles. The molecule has 9 aliphatic rings. The Hall–Kier alpha value is 0.638. The third-order valence-electron chi connectivity index (χ3n) is 15.2. The van der Waals surface area contributed by atoms with Gasteiger partial charge in [0.15, 0.2) is 0 Å². The summed E-state index contributed by atoms with van der Waals surface area (Å²) in [7, 11) is -22.4. The maximum Gasteiger partial charge on any atom is 0.494 e. The van der Waals surface area contributed by atoms with Crippen LogP contribution >= 0.6 is 12.9 Å². The molecule has 6 saturated carbocycles. The second-order valence-corrected chi connectivity index (χ2v) is 41.3. The second-order valence-electron chi connectivity index (χ2n) is 19.7. The molecule has 0 aromatic heterocycles. The summed E-state index contributed by atoms with van der Waals surface area (Å²) < 4.78 is 89.8. The quantitative estimate of drug-likeness (QED) is 0.0418. The van der Waals surface area contributed by atoms with Crippen LogP contribution in [0.25, 0.3) is 0 Å². The minimum absolute atomic E-state index is 0.0244. The lowest BCUT2D eigenvalue weighted by atomic mass is 10.3. The molecule has 0 aromatic rings. The Kier molecular flexibility index (Phi) is 16.8. The molecular formula is C40H76O13SSi7. The molecular weight excluding hydrogens is 917 g/mol. The minimum atomic E-state index is -3.85. The Bertz CT molecular complexity index is 1460. The summed E-state index contributed by atoms with van der Waals surface area (Å²) >= 11 is 4.64. The molecule has 3 aliphatic heterocycles. The summed E-state index contributed by atoms with van der Waals surface area (Å²) in [5.41, 5.74) is 1.16. The van der Waals surface area contributed by atoms with Gasteiger partial charge >= 0.3 is 68.6 Å². The summed E-state index contributed by atoms with van der Waals surface area (Å²) in [5.74, 6) is -0.367. The lowest BCUT2D eigenvalue weighted by Crippen LogP contribution is -2.76. The topological polar surface area (TPSA) is 128 Å². The molecule has 0 amide bonds. The molecule has 3 saturated heterocycles. The number of carbonyl (C=O) groups is 1. The van der Waals surface area contributed by atoms with Crippen LogP contribution in [0.3, 0.4) is 0 Å². The van der Waals surface area contributed by atoms with Crippen molar-refractivity contribution in [3.05, 3.63) is 12.2 Å². The monoisotopic (exact) mass is 992 g/mol. The first-order chi connectivity index (χ1) is 29.5. The maximum absolute atomic E-state index is 12.3. The van der Waals surface area contributed by atoms with Gasteiger partial charge in [-0.05, 0) is 121 Å². The van der Waals surface area contributed by atoms with E-state index in [4.69, 9.17) is 50.4 Å². The number of fused-ring (bicyclic) bond motifs is 10. The van der Waals surface area contributed by atoms with Crippen molar-refractivity contribution in [2.75, 3.05) is 20.3 Å². The maximum atomic E-state index is 12.3. The number of hydrogen-bond acceptors (Lipinski definition) is 14. The van der Waals surface area contributed by atoms with E-state index >= 15 is 0 Å². The van der Waals surface area contributed by atoms with E-state index in [-0.39, 0.29) is 39.2 Å². The van der Waals surface area contributed by atoms with Crippen LogP contribution < -0.4 is 0 Å². The predicted octanol–water partition coefficient (Wildman–Crippen LogP) is 10.0. The van der Waals surface area contributed by atoms with Gasteiger partial charge in [0.05, 0.1) is 6.61 Å². The summed E-state index contributed by atoms with van der Waals surface area (Å²) in [6, 6.07) is 0. The molecule has 61 heavy (non-hydrogen) atoms. The van der Waals surface area contributed by atoms with E-state index < -0.39 is 62.6 Å². The molecule has 6 aliphatic carbocycles. The number of carbonyl (C=O) groups excluding carboxylic acids is 1. The van der Waals surface area contributed by atoms with Crippen molar-refractivity contribution < 1.29 is 55.2 Å². The SMILES string of the molecule is C=C(C)C(=O)OCCCCO[Si]1(C2CCCC2)O[SiH](C2CCCC2)O[Si](OC)(C2CCCC2)O[Si]2(C3CCCC3)O[SiH](C3CCCC3)O[Si](C3CCCC3)(O[Si](C)(OS)O2)O1. The van der Waals surface area contributed by atoms with Gasteiger partial charge in [0.1, 0.15) is 0 Å². The number of esters is 1. The van der Waals surface area contributed by atoms with Crippen LogP contribution in [0.15, 0.2) is 12.2 Å². The first-order valence-corrected chi connectivity index (χ1v) is 37.4. The van der Waals surface area contributed by atoms with Crippen molar-refractivity contribution in [2.45, 2.75) is 214 Å². The van der Waals surface area contributed by atoms with Gasteiger partial charge < -0.3 is 50.4 Å². The van der Waals surface area contributed by atoms with Gasteiger partial charge in [-0.25, -0.2) is 4.79 Å². The fourth-order valence-electron chi connectivity index (χ4n) is 11.8. The Balaban J connectivity index is 1.30. The van der Waals surface area contributed by atoms with E-state index in [0.29, 0.717) is 31.6 Å². The van der Waals surface area contributed by atoms with Crippen molar-refractivity contribution >= 4 is 81.5 Å². The number of ether oxygens (including phenoxy) is 1. The van der Waals surface area contributed by atoms with E-state index in [1.165, 1.54) is 0 Å². The summed E-state index contributed by atoms with van der Waals surface area (Å²) in [5, 5.41) is 0. The number of thiol groups is 1. The number of hydrogen-bond donors (Lipinski definition) is 1. The van der Waals surface area contributed by atoms with Crippen molar-refractivity contribution in [1.29, 1.82) is 0 Å². The van der Waals surface area contributed by atoms with E-state index in [2.05, 4.69) is 19.5 Å². The lowest BCUT2D eigenvalue weighted by Gasteiger charge is -2.54. The van der Waals surface area contributed by atoms with E-state index in [0.717, 1.165) is 154 Å². The van der Waals surface area contributed by atoms with Crippen LogP contribution in [0.1, 0.15) is 174 Å². The predicted molar refractivity (Wildman–Crippen MR) is 249 cm³/mol. The molecule has 9 fully saturated rings. The van der Waals surface area contributed by atoms with Crippen molar-refractivity contribution in [3.63, 3.8) is 0 Å². The van der Waals surface area contributed by atoms with Crippen LogP contribution in [-0.4, -0.2) is 88.9 Å². The highest BCUT2D eigenvalue weighted by Crippen LogP contribution is 2.56. The van der Waals surface area contributed by atoms with Gasteiger partial charge in [-0.3, -0.25) is 0 Å². The van der Waals surface area contributed by atoms with Crippen LogP contribution in [0.4, 0.5) is 0 Å². The van der Waals surface area contributed by atoms with Crippen molar-refractivity contribution in [3.8, 4) is 0 Å². The highest BCUT2D eigenvalue weighted by Gasteiger charge is 2.73. The first-order valence-electron chi connectivity index (χ1n) is 24.4. The van der Waals surface area contributed by atoms with Crippen LogP contribution in [0.2, 0.25) is 39.8 Å². The van der Waals surface area contributed by atoms with E-state index in [9.17, 15) is 4.79 Å². The normalized spacial score (nSPS) is 39.5. The molecule has 0 spiro atoms. The molecule has 21 heteroatoms. The Morgan fingerprint density at radius 3 is 1.44 bits per heavy atom. The van der Waals surface area contributed by atoms with Crippen molar-refractivity contribution in [2.24, 2.45) is 0 Å². The molecule has 7 unspecified atom stereocenters. The molecule has 0 aromatic carbocycles. The fraction of sp³-hybridized carbons (Fsp3) is 0.925. The Labute approximate surface area is 380 Å². The van der Waals surface area contributed by atoms with Crippen LogP contribution in [0, 0.1) is 0 Å².